The molecule has 4 nitrogen and oxygen atoms in total. The van der Waals surface area contributed by atoms with E-state index in [9.17, 15) is 110 Å². The minimum Gasteiger partial charge on any atom is -0.431 e. The highest BCUT2D eigenvalue weighted by molar-refractivity contribution is 7.20. The number of nitrogens with zero attached hydrogens (tertiary/aromatic N) is 1. The summed E-state index contributed by atoms with van der Waals surface area (Å²) in [4.78, 5) is 11.7. The maximum Gasteiger partial charge on any atom is 0.416 e. The standard InChI is InChI=1S/C32H12BF24.C14H14NO3/c34-25(35,36)13-1-14(26(37,38)39)6-21(5-13)33(22-7-15(27(40,41)42)2-16(8-22)28(43,44)45,23-9-17(29(46,47)48)3-18(10-23)30(49,50)51)24-11-19(31(52,53)54)4-20(12-24)32(55,56)57;16-11-18-14(17)13-8-4-5-9-15(13)10-12-6-2-1-3-7-12/h1-12H;1-9,16H,10-11H2/q-1;+1. The largest absolute Gasteiger partial charge is 0.431 e. The first-order valence-electron chi connectivity index (χ1n) is 20.2. The van der Waals surface area contributed by atoms with E-state index in [0.29, 0.717) is 12.2 Å². The normalized spacial score (nSPS) is 13.3. The Kier molecular flexibility index (Phi) is 16.2. The maximum absolute atomic E-state index is 14.2. The van der Waals surface area contributed by atoms with Gasteiger partial charge in [0.1, 0.15) is 6.15 Å². The Hall–Kier alpha value is -6.94. The summed E-state index contributed by atoms with van der Waals surface area (Å²) >= 11 is 0. The van der Waals surface area contributed by atoms with Crippen LogP contribution in [0, 0.1) is 0 Å². The van der Waals surface area contributed by atoms with Crippen LogP contribution in [0.2, 0.25) is 0 Å². The quantitative estimate of drug-likeness (QED) is 0.0543. The van der Waals surface area contributed by atoms with Gasteiger partial charge in [-0.3, -0.25) is 0 Å². The van der Waals surface area contributed by atoms with Crippen molar-refractivity contribution in [3.63, 3.8) is 0 Å². The highest BCUT2D eigenvalue weighted by atomic mass is 19.4. The van der Waals surface area contributed by atoms with Crippen LogP contribution in [0.3, 0.4) is 0 Å². The second-order valence-corrected chi connectivity index (χ2v) is 16.0. The van der Waals surface area contributed by atoms with E-state index in [1.54, 1.807) is 22.9 Å². The first kappa shape index (κ1) is 58.9. The van der Waals surface area contributed by atoms with E-state index in [2.05, 4.69) is 4.74 Å². The van der Waals surface area contributed by atoms with Crippen LogP contribution in [0.4, 0.5) is 105 Å². The minimum absolute atomic E-state index is 0.412. The number of hydrogen-bond acceptors (Lipinski definition) is 3. The number of benzene rings is 5. The van der Waals surface area contributed by atoms with Gasteiger partial charge in [0.2, 0.25) is 0 Å². The molecule has 0 saturated heterocycles. The van der Waals surface area contributed by atoms with Crippen molar-refractivity contribution in [3.8, 4) is 0 Å². The van der Waals surface area contributed by atoms with Gasteiger partial charge in [-0.1, -0.05) is 78.9 Å². The lowest BCUT2D eigenvalue weighted by atomic mass is 9.12. The zero-order valence-corrected chi connectivity index (χ0v) is 36.4. The van der Waals surface area contributed by atoms with Gasteiger partial charge >= 0.3 is 55.4 Å². The van der Waals surface area contributed by atoms with E-state index < -0.39 is 207 Å². The molecule has 0 saturated carbocycles. The number of pyridine rings is 1. The Labute approximate surface area is 404 Å². The number of carbonyl (C=O) groups is 1. The van der Waals surface area contributed by atoms with Crippen molar-refractivity contribution in [2.75, 3.05) is 6.79 Å². The van der Waals surface area contributed by atoms with Crippen LogP contribution in [0.25, 0.3) is 0 Å². The average Bonchev–Trinajstić information content (AvgIpc) is 3.27. The van der Waals surface area contributed by atoms with Gasteiger partial charge in [-0.2, -0.15) is 132 Å². The van der Waals surface area contributed by atoms with E-state index in [1.807, 2.05) is 36.4 Å². The fraction of sp³-hybridized carbons (Fsp3) is 0.217. The molecule has 6 aromatic rings. The van der Waals surface area contributed by atoms with Crippen molar-refractivity contribution in [3.05, 3.63) is 183 Å². The molecule has 29 heteroatoms. The Bertz CT molecular complexity index is 2570. The van der Waals surface area contributed by atoms with Crippen LogP contribution in [-0.2, 0) is 60.7 Å². The molecule has 0 bridgehead atoms. The summed E-state index contributed by atoms with van der Waals surface area (Å²) in [6.45, 7) is -0.0311. The van der Waals surface area contributed by atoms with Gasteiger partial charge in [0.25, 0.3) is 5.69 Å². The van der Waals surface area contributed by atoms with E-state index >= 15 is 0 Å². The molecular formula is C46H26BF24NO3. The van der Waals surface area contributed by atoms with Crippen LogP contribution in [-0.4, -0.2) is 24.0 Å². The average molecular weight is 1110 g/mol. The van der Waals surface area contributed by atoms with Crippen LogP contribution >= 0.6 is 0 Å². The molecule has 1 N–H and O–H groups in total. The molecular weight excluding hydrogens is 1080 g/mol. The maximum atomic E-state index is 14.2. The number of alkyl halides is 24. The molecule has 0 atom stereocenters. The Morgan fingerprint density at radius 1 is 0.387 bits per heavy atom. The van der Waals surface area contributed by atoms with Crippen molar-refractivity contribution in [2.24, 2.45) is 0 Å². The monoisotopic (exact) mass is 1110 g/mol. The zero-order chi connectivity index (χ0) is 56.7. The second-order valence-electron chi connectivity index (χ2n) is 16.0. The molecule has 404 valence electrons. The molecule has 0 aliphatic rings. The van der Waals surface area contributed by atoms with E-state index in [0.717, 1.165) is 5.56 Å². The summed E-state index contributed by atoms with van der Waals surface area (Å²) in [5.41, 5.74) is -28.7. The van der Waals surface area contributed by atoms with Crippen LogP contribution in [0.15, 0.2) is 128 Å². The molecule has 6 rings (SSSR count). The van der Waals surface area contributed by atoms with Crippen LogP contribution in [0.5, 0.6) is 0 Å². The number of hydrogen-bond donors (Lipinski definition) is 1. The van der Waals surface area contributed by atoms with Crippen LogP contribution in [0.1, 0.15) is 60.6 Å². The Morgan fingerprint density at radius 3 is 0.880 bits per heavy atom. The summed E-state index contributed by atoms with van der Waals surface area (Å²) in [5.74, 6) is -0.533. The predicted octanol–water partition coefficient (Wildman–Crippen LogP) is 12.3. The van der Waals surface area contributed by atoms with Gasteiger partial charge in [-0.15, -0.1) is 0 Å². The van der Waals surface area contributed by atoms with Gasteiger partial charge in [0.05, 0.1) is 44.5 Å². The summed E-state index contributed by atoms with van der Waals surface area (Å²) in [7, 11) is 0. The first-order chi connectivity index (χ1) is 34.1. The number of rotatable bonds is 8. The van der Waals surface area contributed by atoms with E-state index in [1.165, 1.54) is 0 Å². The summed E-state index contributed by atoms with van der Waals surface area (Å²) in [6, 6.07) is 6.28. The van der Waals surface area contributed by atoms with Gasteiger partial charge in [0.15, 0.2) is 19.5 Å². The van der Waals surface area contributed by atoms with E-state index in [4.69, 9.17) is 5.11 Å². The molecule has 75 heavy (non-hydrogen) atoms. The lowest BCUT2D eigenvalue weighted by Crippen LogP contribution is -2.75. The molecule has 1 heterocycles. The molecule has 0 spiro atoms. The molecule has 0 aliphatic heterocycles. The van der Waals surface area contributed by atoms with Crippen molar-refractivity contribution in [1.29, 1.82) is 0 Å². The molecule has 1 aromatic heterocycles. The van der Waals surface area contributed by atoms with Gasteiger partial charge in [-0.05, 0) is 30.3 Å². The SMILES string of the molecule is FC(F)(F)c1cc([B-](c2cc(C(F)(F)F)cc(C(F)(F)F)c2)(c2cc(C(F)(F)F)cc(C(F)(F)F)c2)c2cc(C(F)(F)F)cc(C(F)(F)F)c2)cc(C(F)(F)F)c1.O=C(OCO)c1cccc[n+]1Cc1ccccc1. The lowest BCUT2D eigenvalue weighted by Gasteiger charge is -2.46. The third-order valence-corrected chi connectivity index (χ3v) is 11.0. The Morgan fingerprint density at radius 2 is 0.640 bits per heavy atom. The molecule has 0 amide bonds. The van der Waals surface area contributed by atoms with Crippen molar-refractivity contribution < 1.29 is 125 Å². The number of aliphatic hydroxyl groups is 1. The van der Waals surface area contributed by atoms with Crippen molar-refractivity contribution >= 4 is 34.0 Å². The summed E-state index contributed by atoms with van der Waals surface area (Å²) < 4.78 is 347. The lowest BCUT2D eigenvalue weighted by molar-refractivity contribution is -0.690. The highest BCUT2D eigenvalue weighted by Gasteiger charge is 2.47. The number of halogens is 24. The smallest absolute Gasteiger partial charge is 0.416 e. The number of ether oxygens (including phenoxy) is 1. The van der Waals surface area contributed by atoms with Crippen molar-refractivity contribution in [1.82, 2.24) is 0 Å². The Balaban J connectivity index is 0.000000483. The fourth-order valence-corrected chi connectivity index (χ4v) is 7.78. The van der Waals surface area contributed by atoms with Crippen LogP contribution < -0.4 is 26.4 Å². The molecule has 5 aromatic carbocycles. The van der Waals surface area contributed by atoms with Crippen molar-refractivity contribution in [2.45, 2.75) is 56.0 Å². The fourth-order valence-electron chi connectivity index (χ4n) is 7.78. The van der Waals surface area contributed by atoms with Gasteiger partial charge in [0, 0.05) is 17.7 Å². The number of aromatic nitrogens is 1. The highest BCUT2D eigenvalue weighted by Crippen LogP contribution is 2.41. The number of aliphatic hydroxyl groups excluding tert-OH is 1. The third kappa shape index (κ3) is 13.9. The third-order valence-electron chi connectivity index (χ3n) is 11.0. The zero-order valence-electron chi connectivity index (χ0n) is 36.4. The number of esters is 1. The molecule has 0 radical (unpaired) electrons. The van der Waals surface area contributed by atoms with E-state index in [-0.39, 0.29) is 0 Å². The number of carbonyl (C=O) groups excluding carboxylic acids is 1. The molecule has 0 aliphatic carbocycles. The topological polar surface area (TPSA) is 50.4 Å². The predicted molar refractivity (Wildman–Crippen MR) is 215 cm³/mol. The summed E-state index contributed by atoms with van der Waals surface area (Å²) in [5, 5.41) is 8.63. The minimum atomic E-state index is -6.13. The molecule has 0 unspecified atom stereocenters. The summed E-state index contributed by atoms with van der Waals surface area (Å²) in [6.07, 6.45) is -53.0. The van der Waals surface area contributed by atoms with Gasteiger partial charge in [-0.25, -0.2) is 4.79 Å². The second kappa shape index (κ2) is 20.6. The van der Waals surface area contributed by atoms with Gasteiger partial charge < -0.3 is 9.84 Å². The first-order valence-corrected chi connectivity index (χ1v) is 20.2. The molecule has 0 fully saturated rings.